The van der Waals surface area contributed by atoms with Crippen molar-refractivity contribution >= 4 is 17.2 Å². The molecule has 0 bridgehead atoms. The molecule has 7 heteroatoms. The molecule has 1 unspecified atom stereocenters. The first-order chi connectivity index (χ1) is 15.9. The minimum Gasteiger partial charge on any atom is -0.393 e. The molecule has 3 aliphatic rings. The van der Waals surface area contributed by atoms with Crippen molar-refractivity contribution in [1.29, 1.82) is 0 Å². The Morgan fingerprint density at radius 1 is 1.21 bits per heavy atom. The molecule has 2 atom stereocenters. The predicted molar refractivity (Wildman–Crippen MR) is 127 cm³/mol. The van der Waals surface area contributed by atoms with Gasteiger partial charge in [-0.3, -0.25) is 4.79 Å². The number of nitrogens with one attached hydrogen (secondary N) is 1. The molecule has 2 aliphatic carbocycles. The molecule has 7 nitrogen and oxygen atoms in total. The predicted octanol–water partition coefficient (Wildman–Crippen LogP) is 3.24. The second kappa shape index (κ2) is 7.29. The number of aliphatic hydroxyl groups excluding tert-OH is 1. The average molecular weight is 446 g/mol. The number of aromatic nitrogens is 3. The van der Waals surface area contributed by atoms with Crippen molar-refractivity contribution in [3.8, 4) is 0 Å². The summed E-state index contributed by atoms with van der Waals surface area (Å²) in [6.07, 6.45) is 6.49. The Bertz CT molecular complexity index is 1220. The summed E-state index contributed by atoms with van der Waals surface area (Å²) in [5.74, 6) is -0.00402. The van der Waals surface area contributed by atoms with Crippen molar-refractivity contribution in [2.24, 2.45) is 5.41 Å². The standard InChI is InChI=1S/C26H31N5O2/c1-17-12-19(30-11-10-25(2,16-30)18-6-4-3-5-7-18)15-31-23(17)28-22(29-31)24(33)27-21-8-9-26(21)13-20(32)14-26/h3-7,12,15,20-21,32H,8-11,13-14,16H2,1-2H3,(H,27,33)/t20?,21?,25-,26?/m0/s1. The van der Waals surface area contributed by atoms with Crippen LogP contribution in [0.5, 0.6) is 0 Å². The number of aliphatic hydroxyl groups is 1. The molecule has 1 amide bonds. The molecule has 3 heterocycles. The highest BCUT2D eigenvalue weighted by Gasteiger charge is 2.55. The number of carbonyl (C=O) groups excluding carboxylic acids is 1. The van der Waals surface area contributed by atoms with Crippen molar-refractivity contribution in [2.75, 3.05) is 18.0 Å². The first-order valence-corrected chi connectivity index (χ1v) is 12.0. The average Bonchev–Trinajstić information content (AvgIpc) is 3.40. The number of hydrogen-bond acceptors (Lipinski definition) is 5. The SMILES string of the molecule is Cc1cc(N2CC[C@](C)(c3ccccc3)C2)cn2nc(C(=O)NC3CCC34CC(O)C4)nc12. The van der Waals surface area contributed by atoms with Crippen LogP contribution in [0, 0.1) is 12.3 Å². The number of hydrogen-bond donors (Lipinski definition) is 2. The van der Waals surface area contributed by atoms with Crippen LogP contribution in [0.3, 0.4) is 0 Å². The summed E-state index contributed by atoms with van der Waals surface area (Å²) in [7, 11) is 0. The van der Waals surface area contributed by atoms with Crippen molar-refractivity contribution in [1.82, 2.24) is 19.9 Å². The monoisotopic (exact) mass is 445 g/mol. The minimum absolute atomic E-state index is 0.0957. The normalized spacial score (nSPS) is 30.9. The quantitative estimate of drug-likeness (QED) is 0.644. The van der Waals surface area contributed by atoms with E-state index in [1.807, 2.05) is 13.1 Å². The summed E-state index contributed by atoms with van der Waals surface area (Å²) >= 11 is 0. The molecule has 3 fully saturated rings. The molecular formula is C26H31N5O2. The van der Waals surface area contributed by atoms with Gasteiger partial charge in [0.15, 0.2) is 5.65 Å². The van der Waals surface area contributed by atoms with Gasteiger partial charge in [0.05, 0.1) is 18.0 Å². The topological polar surface area (TPSA) is 82.8 Å². The van der Waals surface area contributed by atoms with E-state index in [1.165, 1.54) is 5.56 Å². The van der Waals surface area contributed by atoms with Gasteiger partial charge in [-0.15, -0.1) is 5.10 Å². The van der Waals surface area contributed by atoms with E-state index in [0.717, 1.165) is 62.1 Å². The maximum absolute atomic E-state index is 12.9. The zero-order chi connectivity index (χ0) is 22.8. The lowest BCUT2D eigenvalue weighted by atomic mass is 9.52. The number of amides is 1. The molecule has 1 aliphatic heterocycles. The summed E-state index contributed by atoms with van der Waals surface area (Å²) in [6.45, 7) is 6.28. The summed E-state index contributed by atoms with van der Waals surface area (Å²) in [5, 5.41) is 17.4. The maximum Gasteiger partial charge on any atom is 0.291 e. The van der Waals surface area contributed by atoms with Gasteiger partial charge < -0.3 is 15.3 Å². The number of fused-ring (bicyclic) bond motifs is 1. The van der Waals surface area contributed by atoms with Crippen LogP contribution in [0.2, 0.25) is 0 Å². The molecule has 172 valence electrons. The van der Waals surface area contributed by atoms with E-state index in [0.29, 0.717) is 0 Å². The first kappa shape index (κ1) is 20.7. The van der Waals surface area contributed by atoms with Crippen LogP contribution in [0.4, 0.5) is 5.69 Å². The molecule has 0 radical (unpaired) electrons. The number of carbonyl (C=O) groups is 1. The molecule has 1 aromatic carbocycles. The second-order valence-corrected chi connectivity index (χ2v) is 10.7. The summed E-state index contributed by atoms with van der Waals surface area (Å²) in [5.41, 5.74) is 4.42. The smallest absolute Gasteiger partial charge is 0.291 e. The molecule has 1 spiro atoms. The van der Waals surface area contributed by atoms with Gasteiger partial charge in [0.25, 0.3) is 5.91 Å². The lowest BCUT2D eigenvalue weighted by Crippen LogP contribution is -2.62. The number of anilines is 1. The molecular weight excluding hydrogens is 414 g/mol. The van der Waals surface area contributed by atoms with Crippen LogP contribution < -0.4 is 10.2 Å². The zero-order valence-electron chi connectivity index (χ0n) is 19.3. The Kier molecular flexibility index (Phi) is 4.56. The minimum atomic E-state index is -0.219. The maximum atomic E-state index is 12.9. The Hall–Kier alpha value is -2.93. The molecule has 2 aromatic heterocycles. The van der Waals surface area contributed by atoms with E-state index >= 15 is 0 Å². The fraction of sp³-hybridized carbons (Fsp3) is 0.500. The molecule has 2 N–H and O–H groups in total. The van der Waals surface area contributed by atoms with E-state index in [-0.39, 0.29) is 34.7 Å². The third-order valence-electron chi connectivity index (χ3n) is 8.37. The van der Waals surface area contributed by atoms with Crippen LogP contribution in [-0.4, -0.2) is 50.8 Å². The van der Waals surface area contributed by atoms with Crippen molar-refractivity contribution in [3.63, 3.8) is 0 Å². The summed E-state index contributed by atoms with van der Waals surface area (Å²) in [4.78, 5) is 19.8. The van der Waals surface area contributed by atoms with Gasteiger partial charge in [-0.1, -0.05) is 37.3 Å². The van der Waals surface area contributed by atoms with E-state index < -0.39 is 0 Å². The van der Waals surface area contributed by atoms with Gasteiger partial charge >= 0.3 is 0 Å². The molecule has 3 aromatic rings. The Morgan fingerprint density at radius 2 is 2.00 bits per heavy atom. The van der Waals surface area contributed by atoms with Gasteiger partial charge in [-0.2, -0.15) is 0 Å². The van der Waals surface area contributed by atoms with Gasteiger partial charge in [0.2, 0.25) is 5.82 Å². The molecule has 1 saturated heterocycles. The van der Waals surface area contributed by atoms with Crippen molar-refractivity contribution in [2.45, 2.75) is 63.5 Å². The largest absolute Gasteiger partial charge is 0.393 e. The highest BCUT2D eigenvalue weighted by atomic mass is 16.3. The van der Waals surface area contributed by atoms with Gasteiger partial charge in [-0.25, -0.2) is 9.50 Å². The third-order valence-corrected chi connectivity index (χ3v) is 8.37. The van der Waals surface area contributed by atoms with Gasteiger partial charge in [0, 0.05) is 24.5 Å². The van der Waals surface area contributed by atoms with E-state index in [2.05, 4.69) is 63.6 Å². The fourth-order valence-corrected chi connectivity index (χ4v) is 6.17. The van der Waals surface area contributed by atoms with Gasteiger partial charge in [0.1, 0.15) is 0 Å². The number of pyridine rings is 1. The van der Waals surface area contributed by atoms with E-state index in [9.17, 15) is 9.90 Å². The molecule has 33 heavy (non-hydrogen) atoms. The Morgan fingerprint density at radius 3 is 2.70 bits per heavy atom. The van der Waals surface area contributed by atoms with Crippen LogP contribution in [0.1, 0.15) is 60.8 Å². The van der Waals surface area contributed by atoms with Gasteiger partial charge in [-0.05, 0) is 61.6 Å². The second-order valence-electron chi connectivity index (χ2n) is 10.7. The Labute approximate surface area is 193 Å². The van der Waals surface area contributed by atoms with E-state index in [1.54, 1.807) is 4.52 Å². The lowest BCUT2D eigenvalue weighted by Gasteiger charge is -2.58. The lowest BCUT2D eigenvalue weighted by molar-refractivity contribution is -0.104. The zero-order valence-corrected chi connectivity index (χ0v) is 19.3. The third kappa shape index (κ3) is 3.32. The number of nitrogens with zero attached hydrogens (tertiary/aromatic N) is 4. The Balaban J connectivity index is 1.21. The van der Waals surface area contributed by atoms with Crippen molar-refractivity contribution < 1.29 is 9.90 Å². The number of aryl methyl sites for hydroxylation is 1. The highest BCUT2D eigenvalue weighted by molar-refractivity contribution is 5.91. The number of benzene rings is 1. The summed E-state index contributed by atoms with van der Waals surface area (Å²) < 4.78 is 1.75. The van der Waals surface area contributed by atoms with Crippen molar-refractivity contribution in [3.05, 3.63) is 59.5 Å². The molecule has 6 rings (SSSR count). The fourth-order valence-electron chi connectivity index (χ4n) is 6.17. The number of rotatable bonds is 4. The van der Waals surface area contributed by atoms with Crippen LogP contribution >= 0.6 is 0 Å². The van der Waals surface area contributed by atoms with E-state index in [4.69, 9.17) is 0 Å². The van der Waals surface area contributed by atoms with Crippen LogP contribution in [0.15, 0.2) is 42.6 Å². The van der Waals surface area contributed by atoms with Crippen LogP contribution in [0.25, 0.3) is 5.65 Å². The summed E-state index contributed by atoms with van der Waals surface area (Å²) in [6, 6.07) is 13.0. The highest BCUT2D eigenvalue weighted by Crippen LogP contribution is 2.55. The first-order valence-electron chi connectivity index (χ1n) is 12.0. The molecule has 2 saturated carbocycles. The van der Waals surface area contributed by atoms with Crippen LogP contribution in [-0.2, 0) is 5.41 Å².